The molecule has 1 unspecified atom stereocenters. The number of benzene rings is 1. The van der Waals surface area contributed by atoms with E-state index in [0.29, 0.717) is 13.2 Å². The van der Waals surface area contributed by atoms with Crippen molar-refractivity contribution in [1.82, 2.24) is 0 Å². The third-order valence-corrected chi connectivity index (χ3v) is 2.39. The number of methoxy groups -OCH3 is 1. The third kappa shape index (κ3) is 5.12. The molecule has 0 fully saturated rings. The maximum absolute atomic E-state index is 10.5. The van der Waals surface area contributed by atoms with Gasteiger partial charge in [0.1, 0.15) is 0 Å². The molecule has 0 saturated heterocycles. The number of carbonyl (C=O) groups is 1. The van der Waals surface area contributed by atoms with Gasteiger partial charge in [-0.25, -0.2) is 4.79 Å². The lowest BCUT2D eigenvalue weighted by Gasteiger charge is -2.13. The highest BCUT2D eigenvalue weighted by Gasteiger charge is 2.04. The van der Waals surface area contributed by atoms with Gasteiger partial charge in [-0.05, 0) is 24.1 Å². The largest absolute Gasteiger partial charge is 0.478 e. The summed E-state index contributed by atoms with van der Waals surface area (Å²) in [4.78, 5) is 10.5. The minimum atomic E-state index is -0.960. The van der Waals surface area contributed by atoms with Gasteiger partial charge in [0.2, 0.25) is 0 Å². The first-order chi connectivity index (χ1) is 8.63. The Labute approximate surface area is 107 Å². The Bertz CT molecular complexity index is 412. The summed E-state index contributed by atoms with van der Waals surface area (Å²) < 4.78 is 10.6. The molecule has 0 aromatic heterocycles. The second-order valence-corrected chi connectivity index (χ2v) is 3.95. The molecule has 0 bridgehead atoms. The van der Waals surface area contributed by atoms with Crippen LogP contribution in [-0.2, 0) is 20.9 Å². The van der Waals surface area contributed by atoms with Crippen LogP contribution in [0.3, 0.4) is 0 Å². The van der Waals surface area contributed by atoms with E-state index >= 15 is 0 Å². The highest BCUT2D eigenvalue weighted by molar-refractivity contribution is 5.85. The van der Waals surface area contributed by atoms with Crippen molar-refractivity contribution < 1.29 is 19.4 Å². The first kappa shape index (κ1) is 14.4. The Morgan fingerprint density at radius 3 is 2.83 bits per heavy atom. The second-order valence-electron chi connectivity index (χ2n) is 3.95. The summed E-state index contributed by atoms with van der Waals surface area (Å²) >= 11 is 0. The molecule has 0 aliphatic rings. The maximum Gasteiger partial charge on any atom is 0.328 e. The van der Waals surface area contributed by atoms with Gasteiger partial charge in [-0.15, -0.1) is 0 Å². The Morgan fingerprint density at radius 1 is 1.44 bits per heavy atom. The van der Waals surface area contributed by atoms with Crippen molar-refractivity contribution in [1.29, 1.82) is 0 Å². The number of carboxylic acid groups (broad SMARTS) is 1. The molecule has 4 nitrogen and oxygen atoms in total. The molecule has 1 aromatic carbocycles. The van der Waals surface area contributed by atoms with E-state index in [1.54, 1.807) is 13.2 Å². The van der Waals surface area contributed by atoms with Crippen LogP contribution in [0.1, 0.15) is 18.1 Å². The molecule has 4 heteroatoms. The molecule has 0 heterocycles. The Balaban J connectivity index is 2.67. The van der Waals surface area contributed by atoms with Crippen molar-refractivity contribution >= 4 is 12.0 Å². The molecule has 1 atom stereocenters. The van der Waals surface area contributed by atoms with Crippen LogP contribution in [0, 0.1) is 0 Å². The molecule has 0 amide bonds. The second kappa shape index (κ2) is 7.63. The van der Waals surface area contributed by atoms with Crippen molar-refractivity contribution in [3.05, 3.63) is 41.5 Å². The lowest BCUT2D eigenvalue weighted by atomic mass is 10.1. The zero-order valence-electron chi connectivity index (χ0n) is 10.6. The normalized spacial score (nSPS) is 12.8. The Morgan fingerprint density at radius 2 is 2.17 bits per heavy atom. The van der Waals surface area contributed by atoms with E-state index in [4.69, 9.17) is 14.6 Å². The summed E-state index contributed by atoms with van der Waals surface area (Å²) in [6.45, 7) is 2.90. The lowest BCUT2D eigenvalue weighted by molar-refractivity contribution is -0.131. The zero-order chi connectivity index (χ0) is 13.4. The Kier molecular flexibility index (Phi) is 6.11. The van der Waals surface area contributed by atoms with Crippen LogP contribution >= 0.6 is 0 Å². The first-order valence-electron chi connectivity index (χ1n) is 5.73. The number of hydrogen-bond donors (Lipinski definition) is 1. The first-order valence-corrected chi connectivity index (χ1v) is 5.73. The maximum atomic E-state index is 10.5. The lowest BCUT2D eigenvalue weighted by Crippen LogP contribution is -2.14. The van der Waals surface area contributed by atoms with Crippen LogP contribution in [0.15, 0.2) is 30.3 Å². The van der Waals surface area contributed by atoms with E-state index in [9.17, 15) is 4.79 Å². The minimum Gasteiger partial charge on any atom is -0.478 e. The molecule has 0 saturated carbocycles. The van der Waals surface area contributed by atoms with E-state index in [-0.39, 0.29) is 6.10 Å². The van der Waals surface area contributed by atoms with Gasteiger partial charge >= 0.3 is 5.97 Å². The van der Waals surface area contributed by atoms with Crippen molar-refractivity contribution in [3.63, 3.8) is 0 Å². The van der Waals surface area contributed by atoms with Crippen molar-refractivity contribution in [3.8, 4) is 0 Å². The summed E-state index contributed by atoms with van der Waals surface area (Å²) in [7, 11) is 1.63. The van der Waals surface area contributed by atoms with E-state index in [1.165, 1.54) is 0 Å². The van der Waals surface area contributed by atoms with Crippen LogP contribution in [-0.4, -0.2) is 30.9 Å². The molecule has 1 rings (SSSR count). The average molecular weight is 250 g/mol. The molecule has 18 heavy (non-hydrogen) atoms. The van der Waals surface area contributed by atoms with Crippen molar-refractivity contribution in [2.24, 2.45) is 0 Å². The number of hydrogen-bond acceptors (Lipinski definition) is 3. The molecule has 1 aromatic rings. The SMILES string of the molecule is COCC(C)OCc1ccccc1C=CC(=O)O. The van der Waals surface area contributed by atoms with Crippen LogP contribution in [0.5, 0.6) is 0 Å². The predicted octanol–water partition coefficient (Wildman–Crippen LogP) is 2.34. The van der Waals surface area contributed by atoms with Gasteiger partial charge in [-0.3, -0.25) is 0 Å². The number of carboxylic acids is 1. The molecule has 0 aliphatic heterocycles. The van der Waals surface area contributed by atoms with Crippen molar-refractivity contribution in [2.45, 2.75) is 19.6 Å². The number of rotatable bonds is 7. The topological polar surface area (TPSA) is 55.8 Å². The molecule has 0 radical (unpaired) electrons. The van der Waals surface area contributed by atoms with E-state index < -0.39 is 5.97 Å². The predicted molar refractivity (Wildman–Crippen MR) is 69.2 cm³/mol. The molecule has 1 N–H and O–H groups in total. The van der Waals surface area contributed by atoms with Gasteiger partial charge < -0.3 is 14.6 Å². The van der Waals surface area contributed by atoms with E-state index in [2.05, 4.69) is 0 Å². The zero-order valence-corrected chi connectivity index (χ0v) is 10.6. The summed E-state index contributed by atoms with van der Waals surface area (Å²) in [6.07, 6.45) is 2.70. The highest BCUT2D eigenvalue weighted by atomic mass is 16.5. The van der Waals surface area contributed by atoms with Gasteiger partial charge in [0.15, 0.2) is 0 Å². The van der Waals surface area contributed by atoms with E-state index in [0.717, 1.165) is 17.2 Å². The van der Waals surface area contributed by atoms with Gasteiger partial charge in [0.05, 0.1) is 19.3 Å². The van der Waals surface area contributed by atoms with E-state index in [1.807, 2.05) is 31.2 Å². The molecular formula is C14H18O4. The monoisotopic (exact) mass is 250 g/mol. The summed E-state index contributed by atoms with van der Waals surface area (Å²) in [5.74, 6) is -0.960. The average Bonchev–Trinajstić information content (AvgIpc) is 2.35. The fourth-order valence-corrected chi connectivity index (χ4v) is 1.50. The molecule has 98 valence electrons. The van der Waals surface area contributed by atoms with Crippen molar-refractivity contribution in [2.75, 3.05) is 13.7 Å². The van der Waals surface area contributed by atoms with Gasteiger partial charge in [-0.2, -0.15) is 0 Å². The Hall–Kier alpha value is -1.65. The smallest absolute Gasteiger partial charge is 0.328 e. The highest BCUT2D eigenvalue weighted by Crippen LogP contribution is 2.13. The molecule has 0 spiro atoms. The quantitative estimate of drug-likeness (QED) is 0.755. The third-order valence-electron chi connectivity index (χ3n) is 2.39. The molecular weight excluding hydrogens is 232 g/mol. The van der Waals surface area contributed by atoms with Crippen LogP contribution < -0.4 is 0 Å². The number of aliphatic carboxylic acids is 1. The standard InChI is InChI=1S/C14H18O4/c1-11(9-17-2)18-10-13-6-4-3-5-12(13)7-8-14(15)16/h3-8,11H,9-10H2,1-2H3,(H,15,16). The molecule has 0 aliphatic carbocycles. The summed E-state index contributed by atoms with van der Waals surface area (Å²) in [6, 6.07) is 7.54. The summed E-state index contributed by atoms with van der Waals surface area (Å²) in [5.41, 5.74) is 1.81. The van der Waals surface area contributed by atoms with Gasteiger partial charge in [0, 0.05) is 13.2 Å². The number of ether oxygens (including phenoxy) is 2. The van der Waals surface area contributed by atoms with Gasteiger partial charge in [0.25, 0.3) is 0 Å². The fraction of sp³-hybridized carbons (Fsp3) is 0.357. The fourth-order valence-electron chi connectivity index (χ4n) is 1.50. The minimum absolute atomic E-state index is 0.00603. The van der Waals surface area contributed by atoms with Crippen LogP contribution in [0.4, 0.5) is 0 Å². The van der Waals surface area contributed by atoms with Gasteiger partial charge in [-0.1, -0.05) is 24.3 Å². The van der Waals surface area contributed by atoms with Crippen LogP contribution in [0.2, 0.25) is 0 Å². The van der Waals surface area contributed by atoms with Crippen LogP contribution in [0.25, 0.3) is 6.08 Å². The summed E-state index contributed by atoms with van der Waals surface area (Å²) in [5, 5.41) is 8.62.